The summed E-state index contributed by atoms with van der Waals surface area (Å²) in [7, 11) is 4.33. The lowest BCUT2D eigenvalue weighted by Crippen LogP contribution is -2.35. The number of benzene rings is 1. The molecule has 1 aromatic rings. The Kier molecular flexibility index (Phi) is 3.39. The van der Waals surface area contributed by atoms with Gasteiger partial charge in [0.15, 0.2) is 0 Å². The van der Waals surface area contributed by atoms with Crippen molar-refractivity contribution in [1.82, 2.24) is 4.90 Å². The molecule has 0 amide bonds. The molecule has 0 bridgehead atoms. The van der Waals surface area contributed by atoms with Crippen molar-refractivity contribution in [2.75, 3.05) is 14.1 Å². The molecule has 1 aliphatic carbocycles. The van der Waals surface area contributed by atoms with E-state index in [1.165, 1.54) is 17.5 Å². The fourth-order valence-electron chi connectivity index (χ4n) is 2.78. The highest BCUT2D eigenvalue weighted by molar-refractivity contribution is 5.59. The molecule has 92 valence electrons. The molecule has 1 aliphatic rings. The van der Waals surface area contributed by atoms with Crippen LogP contribution in [0.2, 0.25) is 0 Å². The molecule has 0 saturated heterocycles. The van der Waals surface area contributed by atoms with Crippen LogP contribution in [-0.4, -0.2) is 25.0 Å². The molecule has 2 rings (SSSR count). The second-order valence-electron chi connectivity index (χ2n) is 5.77. The molecule has 2 atom stereocenters. The number of nitrogens with zero attached hydrogens (tertiary/aromatic N) is 1. The smallest absolute Gasteiger partial charge is 0.00693 e. The third-order valence-corrected chi connectivity index (χ3v) is 4.10. The molecule has 0 aliphatic heterocycles. The fourth-order valence-corrected chi connectivity index (χ4v) is 2.78. The summed E-state index contributed by atoms with van der Waals surface area (Å²) >= 11 is 0. The molecule has 2 unspecified atom stereocenters. The Bertz CT molecular complexity index is 419. The van der Waals surface area contributed by atoms with Gasteiger partial charge in [-0.1, -0.05) is 43.3 Å². The van der Waals surface area contributed by atoms with Gasteiger partial charge >= 0.3 is 0 Å². The minimum Gasteiger partial charge on any atom is -0.307 e. The highest BCUT2D eigenvalue weighted by Crippen LogP contribution is 2.39. The van der Waals surface area contributed by atoms with Crippen molar-refractivity contribution < 1.29 is 0 Å². The third kappa shape index (κ3) is 2.44. The van der Waals surface area contributed by atoms with Crippen LogP contribution in [0.15, 0.2) is 30.3 Å². The number of allylic oxidation sites excluding steroid dienone is 1. The van der Waals surface area contributed by atoms with E-state index in [9.17, 15) is 0 Å². The van der Waals surface area contributed by atoms with E-state index in [1.807, 2.05) is 0 Å². The van der Waals surface area contributed by atoms with Gasteiger partial charge in [-0.25, -0.2) is 0 Å². The first kappa shape index (κ1) is 12.4. The van der Waals surface area contributed by atoms with E-state index in [0.29, 0.717) is 6.04 Å². The second-order valence-corrected chi connectivity index (χ2v) is 5.77. The summed E-state index contributed by atoms with van der Waals surface area (Å²) in [5.74, 6) is 0. The van der Waals surface area contributed by atoms with Crippen molar-refractivity contribution in [3.8, 4) is 0 Å². The third-order valence-electron chi connectivity index (χ3n) is 4.10. The van der Waals surface area contributed by atoms with Crippen LogP contribution in [-0.2, 0) is 5.41 Å². The van der Waals surface area contributed by atoms with Crippen LogP contribution in [0, 0.1) is 0 Å². The number of hydrogen-bond donors (Lipinski definition) is 0. The van der Waals surface area contributed by atoms with Gasteiger partial charge in [-0.05, 0) is 50.4 Å². The van der Waals surface area contributed by atoms with Gasteiger partial charge < -0.3 is 4.90 Å². The van der Waals surface area contributed by atoms with E-state index >= 15 is 0 Å². The van der Waals surface area contributed by atoms with E-state index in [4.69, 9.17) is 0 Å². The Morgan fingerprint density at radius 1 is 1.29 bits per heavy atom. The molecule has 0 fully saturated rings. The lowest BCUT2D eigenvalue weighted by molar-refractivity contribution is 0.246. The van der Waals surface area contributed by atoms with Crippen molar-refractivity contribution in [3.05, 3.63) is 41.5 Å². The lowest BCUT2D eigenvalue weighted by Gasteiger charge is -2.37. The number of hydrogen-bond acceptors (Lipinski definition) is 1. The zero-order valence-electron chi connectivity index (χ0n) is 11.4. The maximum atomic E-state index is 2.40. The summed E-state index contributed by atoms with van der Waals surface area (Å²) in [6.07, 6.45) is 6.95. The number of rotatable bonds is 3. The minimum atomic E-state index is 0.287. The van der Waals surface area contributed by atoms with Crippen LogP contribution in [0.4, 0.5) is 0 Å². The van der Waals surface area contributed by atoms with Crippen molar-refractivity contribution in [2.24, 2.45) is 0 Å². The van der Waals surface area contributed by atoms with Gasteiger partial charge in [-0.3, -0.25) is 0 Å². The fraction of sp³-hybridized carbons (Fsp3) is 0.500. The van der Waals surface area contributed by atoms with Gasteiger partial charge in [0.25, 0.3) is 0 Å². The standard InChI is InChI=1S/C16H23N/c1-13(17(3)4)12-16(2)11-7-9-14-8-5-6-10-15(14)16/h5-10,13H,11-12H2,1-4H3. The predicted molar refractivity (Wildman–Crippen MR) is 75.2 cm³/mol. The van der Waals surface area contributed by atoms with E-state index in [0.717, 1.165) is 6.42 Å². The van der Waals surface area contributed by atoms with Crippen molar-refractivity contribution >= 4 is 6.08 Å². The molecule has 1 aromatic carbocycles. The molecule has 17 heavy (non-hydrogen) atoms. The van der Waals surface area contributed by atoms with Crippen molar-refractivity contribution in [2.45, 2.75) is 38.1 Å². The normalized spacial score (nSPS) is 24.8. The maximum absolute atomic E-state index is 2.40. The molecule has 0 aromatic heterocycles. The maximum Gasteiger partial charge on any atom is 0.00693 e. The quantitative estimate of drug-likeness (QED) is 0.764. The van der Waals surface area contributed by atoms with Gasteiger partial charge in [0.05, 0.1) is 0 Å². The van der Waals surface area contributed by atoms with Gasteiger partial charge in [0, 0.05) is 6.04 Å². The summed E-state index contributed by atoms with van der Waals surface area (Å²) in [6.45, 7) is 4.71. The second kappa shape index (κ2) is 4.66. The first-order valence-corrected chi connectivity index (χ1v) is 6.45. The Morgan fingerprint density at radius 2 is 2.00 bits per heavy atom. The molecule has 1 heteroatoms. The zero-order valence-corrected chi connectivity index (χ0v) is 11.4. The monoisotopic (exact) mass is 229 g/mol. The average molecular weight is 229 g/mol. The van der Waals surface area contributed by atoms with Crippen LogP contribution < -0.4 is 0 Å². The van der Waals surface area contributed by atoms with E-state index in [2.05, 4.69) is 69.3 Å². The summed E-state index contributed by atoms with van der Waals surface area (Å²) < 4.78 is 0. The Labute approximate surface area is 105 Å². The molecule has 0 spiro atoms. The first-order chi connectivity index (χ1) is 8.03. The molecule has 0 saturated carbocycles. The summed E-state index contributed by atoms with van der Waals surface area (Å²) in [6, 6.07) is 9.42. The largest absolute Gasteiger partial charge is 0.307 e. The lowest BCUT2D eigenvalue weighted by atomic mass is 9.70. The van der Waals surface area contributed by atoms with Crippen LogP contribution >= 0.6 is 0 Å². The summed E-state index contributed by atoms with van der Waals surface area (Å²) in [5.41, 5.74) is 3.19. The van der Waals surface area contributed by atoms with Crippen LogP contribution in [0.3, 0.4) is 0 Å². The summed E-state index contributed by atoms with van der Waals surface area (Å²) in [5, 5.41) is 0. The van der Waals surface area contributed by atoms with Crippen LogP contribution in [0.25, 0.3) is 6.08 Å². The zero-order chi connectivity index (χ0) is 12.5. The summed E-state index contributed by atoms with van der Waals surface area (Å²) in [4.78, 5) is 2.31. The number of fused-ring (bicyclic) bond motifs is 1. The van der Waals surface area contributed by atoms with Gasteiger partial charge in [0.1, 0.15) is 0 Å². The topological polar surface area (TPSA) is 3.24 Å². The Morgan fingerprint density at radius 3 is 2.71 bits per heavy atom. The van der Waals surface area contributed by atoms with Crippen LogP contribution in [0.5, 0.6) is 0 Å². The minimum absolute atomic E-state index is 0.287. The Balaban J connectivity index is 2.30. The highest BCUT2D eigenvalue weighted by Gasteiger charge is 2.31. The van der Waals surface area contributed by atoms with E-state index in [1.54, 1.807) is 0 Å². The Hall–Kier alpha value is -1.08. The molecular weight excluding hydrogens is 206 g/mol. The van der Waals surface area contributed by atoms with Gasteiger partial charge in [-0.15, -0.1) is 0 Å². The molecule has 0 heterocycles. The molecule has 0 radical (unpaired) electrons. The first-order valence-electron chi connectivity index (χ1n) is 6.45. The van der Waals surface area contributed by atoms with Gasteiger partial charge in [0.2, 0.25) is 0 Å². The van der Waals surface area contributed by atoms with Crippen LogP contribution in [0.1, 0.15) is 37.8 Å². The van der Waals surface area contributed by atoms with E-state index < -0.39 is 0 Å². The SMILES string of the molecule is CC(CC1(C)CC=Cc2ccccc21)N(C)C. The average Bonchev–Trinajstić information content (AvgIpc) is 2.29. The van der Waals surface area contributed by atoms with Crippen molar-refractivity contribution in [3.63, 3.8) is 0 Å². The molecular formula is C16H23N. The molecule has 0 N–H and O–H groups in total. The highest BCUT2D eigenvalue weighted by atomic mass is 15.1. The van der Waals surface area contributed by atoms with Crippen molar-refractivity contribution in [1.29, 1.82) is 0 Å². The predicted octanol–water partition coefficient (Wildman–Crippen LogP) is 3.70. The molecule has 1 nitrogen and oxygen atoms in total. The van der Waals surface area contributed by atoms with Gasteiger partial charge in [-0.2, -0.15) is 0 Å². The van der Waals surface area contributed by atoms with E-state index in [-0.39, 0.29) is 5.41 Å².